The van der Waals surface area contributed by atoms with Gasteiger partial charge in [0.15, 0.2) is 0 Å². The van der Waals surface area contributed by atoms with Crippen LogP contribution in [-0.4, -0.2) is 46.5 Å². The molecule has 0 aliphatic carbocycles. The smallest absolute Gasteiger partial charge is 0.228 e. The van der Waals surface area contributed by atoms with Gasteiger partial charge in [0.1, 0.15) is 9.84 Å². The lowest BCUT2D eigenvalue weighted by molar-refractivity contribution is -0.118. The number of hydrogen-bond donors (Lipinski definition) is 0. The molecule has 0 unspecified atom stereocenters. The molecule has 0 radical (unpaired) electrons. The summed E-state index contributed by atoms with van der Waals surface area (Å²) in [4.78, 5) is 16.3. The van der Waals surface area contributed by atoms with Gasteiger partial charge in [0, 0.05) is 32.8 Å². The van der Waals surface area contributed by atoms with E-state index >= 15 is 0 Å². The van der Waals surface area contributed by atoms with Crippen molar-refractivity contribution < 1.29 is 13.2 Å². The van der Waals surface area contributed by atoms with E-state index in [2.05, 4.69) is 11.8 Å². The van der Waals surface area contributed by atoms with Crippen LogP contribution < -0.4 is 9.80 Å². The van der Waals surface area contributed by atoms with E-state index in [1.807, 2.05) is 31.3 Å². The van der Waals surface area contributed by atoms with E-state index in [1.54, 1.807) is 4.90 Å². The Kier molecular flexibility index (Phi) is 4.56. The van der Waals surface area contributed by atoms with Gasteiger partial charge >= 0.3 is 0 Å². The third-order valence-corrected chi connectivity index (χ3v) is 4.60. The monoisotopic (exact) mass is 310 g/mol. The average molecular weight is 310 g/mol. The quantitative estimate of drug-likeness (QED) is 0.850. The Morgan fingerprint density at radius 1 is 1.24 bits per heavy atom. The van der Waals surface area contributed by atoms with E-state index in [-0.39, 0.29) is 18.1 Å². The highest BCUT2D eigenvalue weighted by Crippen LogP contribution is 2.32. The van der Waals surface area contributed by atoms with Crippen LogP contribution in [0.3, 0.4) is 0 Å². The van der Waals surface area contributed by atoms with Gasteiger partial charge in [-0.3, -0.25) is 4.79 Å². The van der Waals surface area contributed by atoms with Gasteiger partial charge < -0.3 is 9.80 Å². The van der Waals surface area contributed by atoms with Crippen LogP contribution in [0.25, 0.3) is 0 Å². The molecule has 1 aromatic rings. The minimum atomic E-state index is -3.13. The van der Waals surface area contributed by atoms with Crippen LogP contribution in [0.2, 0.25) is 0 Å². The summed E-state index contributed by atoms with van der Waals surface area (Å²) in [5, 5.41) is 0. The average Bonchev–Trinajstić information content (AvgIpc) is 2.53. The van der Waals surface area contributed by atoms with Crippen molar-refractivity contribution in [1.82, 2.24) is 0 Å². The van der Waals surface area contributed by atoms with Gasteiger partial charge in [-0.1, -0.05) is 19.1 Å². The lowest BCUT2D eigenvalue weighted by Crippen LogP contribution is -2.35. The van der Waals surface area contributed by atoms with Crippen LogP contribution in [0.1, 0.15) is 13.3 Å². The first-order valence-corrected chi connectivity index (χ1v) is 9.12. The number of sulfone groups is 1. The maximum Gasteiger partial charge on any atom is 0.228 e. The number of carbonyl (C=O) groups excluding carboxylic acids is 1. The van der Waals surface area contributed by atoms with E-state index in [0.29, 0.717) is 12.5 Å². The maximum atomic E-state index is 12.5. The minimum Gasteiger partial charge on any atom is -0.373 e. The number of benzene rings is 1. The highest BCUT2D eigenvalue weighted by molar-refractivity contribution is 7.90. The van der Waals surface area contributed by atoms with Crippen LogP contribution >= 0.6 is 0 Å². The topological polar surface area (TPSA) is 57.7 Å². The van der Waals surface area contributed by atoms with Crippen molar-refractivity contribution in [1.29, 1.82) is 0 Å². The molecule has 1 aliphatic heterocycles. The van der Waals surface area contributed by atoms with Crippen LogP contribution in [0.15, 0.2) is 24.3 Å². The third-order valence-electron chi connectivity index (χ3n) is 3.65. The molecule has 0 spiro atoms. The van der Waals surface area contributed by atoms with Gasteiger partial charge in [-0.25, -0.2) is 8.42 Å². The van der Waals surface area contributed by atoms with Gasteiger partial charge in [0.2, 0.25) is 5.91 Å². The van der Waals surface area contributed by atoms with Gasteiger partial charge in [-0.2, -0.15) is 0 Å². The summed E-state index contributed by atoms with van der Waals surface area (Å²) in [6.45, 7) is 3.58. The Hall–Kier alpha value is -1.56. The standard InChI is InChI=1S/C15H22N2O3S/c1-12-10-16(2)13-6-4-5-7-14(13)17(11-12)15(18)8-9-21(3,19)20/h4-7,12H,8-11H2,1-3H3/t12-/m1/s1. The van der Waals surface area contributed by atoms with Crippen molar-refractivity contribution in [2.24, 2.45) is 5.92 Å². The molecule has 21 heavy (non-hydrogen) atoms. The number of fused-ring (bicyclic) bond motifs is 1. The first kappa shape index (κ1) is 15.8. The van der Waals surface area contributed by atoms with Crippen LogP contribution in [-0.2, 0) is 14.6 Å². The zero-order valence-corrected chi connectivity index (χ0v) is 13.6. The maximum absolute atomic E-state index is 12.5. The Balaban J connectivity index is 2.28. The van der Waals surface area contributed by atoms with Crippen LogP contribution in [0.5, 0.6) is 0 Å². The van der Waals surface area contributed by atoms with Gasteiger partial charge in [-0.15, -0.1) is 0 Å². The lowest BCUT2D eigenvalue weighted by Gasteiger charge is -2.24. The fraction of sp³-hybridized carbons (Fsp3) is 0.533. The zero-order valence-electron chi connectivity index (χ0n) is 12.7. The van der Waals surface area contributed by atoms with Crippen LogP contribution in [0, 0.1) is 5.92 Å². The Labute approximate surface area is 126 Å². The Bertz CT molecular complexity index is 628. The molecule has 0 fully saturated rings. The Morgan fingerprint density at radius 3 is 2.48 bits per heavy atom. The molecular formula is C15H22N2O3S. The number of hydrogen-bond acceptors (Lipinski definition) is 4. The summed E-state index contributed by atoms with van der Waals surface area (Å²) in [5.41, 5.74) is 1.87. The summed E-state index contributed by atoms with van der Waals surface area (Å²) < 4.78 is 22.5. The molecule has 0 saturated heterocycles. The molecule has 5 nitrogen and oxygen atoms in total. The van der Waals surface area contributed by atoms with Crippen molar-refractivity contribution in [3.8, 4) is 0 Å². The molecule has 1 aromatic carbocycles. The second kappa shape index (κ2) is 6.05. The van der Waals surface area contributed by atoms with E-state index in [0.717, 1.165) is 24.2 Å². The van der Waals surface area contributed by atoms with Crippen molar-refractivity contribution in [2.45, 2.75) is 13.3 Å². The largest absolute Gasteiger partial charge is 0.373 e. The summed E-state index contributed by atoms with van der Waals surface area (Å²) in [5.74, 6) is 0.0916. The van der Waals surface area contributed by atoms with Crippen LogP contribution in [0.4, 0.5) is 11.4 Å². The molecule has 2 rings (SSSR count). The minimum absolute atomic E-state index is 0.0314. The van der Waals surface area contributed by atoms with Crippen molar-refractivity contribution in [2.75, 3.05) is 41.9 Å². The van der Waals surface area contributed by atoms with Crippen molar-refractivity contribution >= 4 is 27.1 Å². The van der Waals surface area contributed by atoms with E-state index < -0.39 is 9.84 Å². The highest BCUT2D eigenvalue weighted by atomic mass is 32.2. The van der Waals surface area contributed by atoms with Gasteiger partial charge in [0.25, 0.3) is 0 Å². The molecule has 0 aromatic heterocycles. The number of nitrogens with zero attached hydrogens (tertiary/aromatic N) is 2. The van der Waals surface area contributed by atoms with Crippen molar-refractivity contribution in [3.63, 3.8) is 0 Å². The van der Waals surface area contributed by atoms with Gasteiger partial charge in [0.05, 0.1) is 17.1 Å². The number of amides is 1. The highest BCUT2D eigenvalue weighted by Gasteiger charge is 2.26. The first-order valence-electron chi connectivity index (χ1n) is 7.06. The zero-order chi connectivity index (χ0) is 15.6. The molecule has 0 N–H and O–H groups in total. The number of anilines is 2. The molecule has 116 valence electrons. The first-order chi connectivity index (χ1) is 9.78. The molecular weight excluding hydrogens is 288 g/mol. The Morgan fingerprint density at radius 2 is 1.86 bits per heavy atom. The normalized spacial score (nSPS) is 19.1. The predicted molar refractivity (Wildman–Crippen MR) is 85.6 cm³/mol. The summed E-state index contributed by atoms with van der Waals surface area (Å²) in [6.07, 6.45) is 1.19. The molecule has 0 bridgehead atoms. The van der Waals surface area contributed by atoms with E-state index in [9.17, 15) is 13.2 Å². The summed E-state index contributed by atoms with van der Waals surface area (Å²) >= 11 is 0. The predicted octanol–water partition coefficient (Wildman–Crippen LogP) is 1.54. The second-order valence-corrected chi connectivity index (χ2v) is 8.12. The van der Waals surface area contributed by atoms with Crippen molar-refractivity contribution in [3.05, 3.63) is 24.3 Å². The van der Waals surface area contributed by atoms with E-state index in [1.165, 1.54) is 0 Å². The second-order valence-electron chi connectivity index (χ2n) is 5.86. The third kappa shape index (κ3) is 3.97. The molecule has 1 atom stereocenters. The number of rotatable bonds is 3. The number of para-hydroxylation sites is 2. The lowest BCUT2D eigenvalue weighted by atomic mass is 10.1. The molecule has 0 saturated carbocycles. The number of carbonyl (C=O) groups is 1. The fourth-order valence-electron chi connectivity index (χ4n) is 2.69. The molecule has 1 amide bonds. The SMILES string of the molecule is C[C@@H]1CN(C)c2ccccc2N(C(=O)CCS(C)(=O)=O)C1. The molecule has 6 heteroatoms. The molecule has 1 aliphatic rings. The van der Waals surface area contributed by atoms with Gasteiger partial charge in [-0.05, 0) is 18.1 Å². The summed E-state index contributed by atoms with van der Waals surface area (Å²) in [7, 11) is -1.11. The fourth-order valence-corrected chi connectivity index (χ4v) is 3.24. The van der Waals surface area contributed by atoms with E-state index in [4.69, 9.17) is 0 Å². The summed E-state index contributed by atoms with van der Waals surface area (Å²) in [6, 6.07) is 7.76. The molecule has 1 heterocycles.